The summed E-state index contributed by atoms with van der Waals surface area (Å²) >= 11 is 0. The lowest BCUT2D eigenvalue weighted by Crippen LogP contribution is -2.08. The lowest BCUT2D eigenvalue weighted by atomic mass is 10.2. The quantitative estimate of drug-likeness (QED) is 0.459. The van der Waals surface area contributed by atoms with Crippen LogP contribution in [0.25, 0.3) is 0 Å². The molecule has 5 nitrogen and oxygen atoms in total. The fraction of sp³-hybridized carbons (Fsp3) is 0.364. The second kappa shape index (κ2) is 6.24. The molecule has 0 spiro atoms. The van der Waals surface area contributed by atoms with E-state index in [-0.39, 0.29) is 11.7 Å². The molecule has 1 rings (SSSR count). The maximum absolute atomic E-state index is 11.5. The monoisotopic (exact) mass is 257 g/mol. The summed E-state index contributed by atoms with van der Waals surface area (Å²) in [4.78, 5) is 0. The van der Waals surface area contributed by atoms with E-state index >= 15 is 0 Å². The van der Waals surface area contributed by atoms with Crippen molar-refractivity contribution in [3.8, 4) is 0 Å². The van der Waals surface area contributed by atoms with Crippen molar-refractivity contribution in [3.05, 3.63) is 35.9 Å². The highest BCUT2D eigenvalue weighted by molar-refractivity contribution is 7.85. The first-order valence-electron chi connectivity index (χ1n) is 5.16. The fourth-order valence-corrected chi connectivity index (χ4v) is 2.02. The van der Waals surface area contributed by atoms with Crippen molar-refractivity contribution in [1.82, 2.24) is 0 Å². The molecule has 0 amide bonds. The van der Waals surface area contributed by atoms with Crippen molar-refractivity contribution in [2.75, 3.05) is 6.61 Å². The van der Waals surface area contributed by atoms with E-state index in [0.717, 1.165) is 0 Å². The van der Waals surface area contributed by atoms with Crippen molar-refractivity contribution in [3.63, 3.8) is 0 Å². The van der Waals surface area contributed by atoms with E-state index in [0.29, 0.717) is 12.2 Å². The topological polar surface area (TPSA) is 65.0 Å². The van der Waals surface area contributed by atoms with Crippen LogP contribution in [0, 0.1) is 0 Å². The van der Waals surface area contributed by atoms with Crippen LogP contribution in [-0.4, -0.2) is 20.9 Å². The van der Waals surface area contributed by atoms with Crippen LogP contribution < -0.4 is 0 Å². The average molecular weight is 257 g/mol. The Morgan fingerprint density at radius 1 is 1.29 bits per heavy atom. The molecule has 0 N–H and O–H groups in total. The number of oxime groups is 1. The van der Waals surface area contributed by atoms with Gasteiger partial charge in [-0.25, -0.2) is 0 Å². The first-order chi connectivity index (χ1) is 8.03. The van der Waals surface area contributed by atoms with E-state index in [2.05, 4.69) is 9.44 Å². The molecule has 6 heteroatoms. The summed E-state index contributed by atoms with van der Waals surface area (Å²) in [6.07, 6.45) is 0. The van der Waals surface area contributed by atoms with Crippen LogP contribution in [0.15, 0.2) is 35.5 Å². The number of rotatable bonds is 5. The summed E-state index contributed by atoms with van der Waals surface area (Å²) in [5.74, 6) is -0.0272. The van der Waals surface area contributed by atoms with Gasteiger partial charge in [0.05, 0.1) is 6.61 Å². The van der Waals surface area contributed by atoms with Gasteiger partial charge in [0.1, 0.15) is 5.75 Å². The Balaban J connectivity index is 2.61. The minimum Gasteiger partial charge on any atom is -0.479 e. The largest absolute Gasteiger partial charge is 0.479 e. The lowest BCUT2D eigenvalue weighted by Gasteiger charge is -2.03. The standard InChI is InChI=1S/C11H15NO4S/c1-3-15-10(2)12-16-17(13,14)9-11-7-5-4-6-8-11/h4-8H,3,9H2,1-2H3/b12-10+. The molecule has 0 radical (unpaired) electrons. The molecule has 0 saturated carbocycles. The van der Waals surface area contributed by atoms with Crippen LogP contribution in [0.5, 0.6) is 0 Å². The predicted molar refractivity (Wildman–Crippen MR) is 64.9 cm³/mol. The SMILES string of the molecule is CCO/C(C)=N/OS(=O)(=O)Cc1ccccc1. The van der Waals surface area contributed by atoms with E-state index in [1.807, 2.05) is 6.07 Å². The molecule has 0 bridgehead atoms. The number of ether oxygens (including phenoxy) is 1. The Labute approximate surface area is 101 Å². The first-order valence-corrected chi connectivity index (χ1v) is 6.74. The van der Waals surface area contributed by atoms with Crippen molar-refractivity contribution in [2.24, 2.45) is 5.16 Å². The van der Waals surface area contributed by atoms with Gasteiger partial charge in [-0.05, 0) is 17.6 Å². The van der Waals surface area contributed by atoms with E-state index in [1.165, 1.54) is 6.92 Å². The van der Waals surface area contributed by atoms with Crippen LogP contribution in [-0.2, 0) is 24.9 Å². The Kier molecular flexibility index (Phi) is 4.96. The van der Waals surface area contributed by atoms with Crippen LogP contribution >= 0.6 is 0 Å². The molecule has 0 aliphatic rings. The predicted octanol–water partition coefficient (Wildman–Crippen LogP) is 1.90. The second-order valence-electron chi connectivity index (χ2n) is 3.31. The van der Waals surface area contributed by atoms with E-state index in [9.17, 15) is 8.42 Å². The molecule has 0 heterocycles. The molecule has 0 fully saturated rings. The molecule has 1 aromatic carbocycles. The summed E-state index contributed by atoms with van der Waals surface area (Å²) in [7, 11) is -3.72. The summed E-state index contributed by atoms with van der Waals surface area (Å²) in [6, 6.07) is 8.76. The van der Waals surface area contributed by atoms with Crippen molar-refractivity contribution < 1.29 is 17.4 Å². The third-order valence-corrected chi connectivity index (χ3v) is 2.81. The van der Waals surface area contributed by atoms with Gasteiger partial charge in [-0.1, -0.05) is 30.3 Å². The number of nitrogens with zero attached hydrogens (tertiary/aromatic N) is 1. The molecule has 0 aliphatic heterocycles. The smallest absolute Gasteiger partial charge is 0.332 e. The van der Waals surface area contributed by atoms with Gasteiger partial charge in [-0.15, -0.1) is 0 Å². The zero-order valence-corrected chi connectivity index (χ0v) is 10.6. The van der Waals surface area contributed by atoms with Gasteiger partial charge in [-0.3, -0.25) is 4.28 Å². The third-order valence-electron chi connectivity index (χ3n) is 1.82. The van der Waals surface area contributed by atoms with Gasteiger partial charge in [0.25, 0.3) is 0 Å². The van der Waals surface area contributed by atoms with E-state index < -0.39 is 10.1 Å². The molecule has 0 aromatic heterocycles. The highest BCUT2D eigenvalue weighted by Gasteiger charge is 2.12. The molecule has 0 aliphatic carbocycles. The van der Waals surface area contributed by atoms with Crippen molar-refractivity contribution in [2.45, 2.75) is 19.6 Å². The van der Waals surface area contributed by atoms with Gasteiger partial charge >= 0.3 is 10.1 Å². The van der Waals surface area contributed by atoms with Crippen LogP contribution in [0.4, 0.5) is 0 Å². The van der Waals surface area contributed by atoms with Crippen molar-refractivity contribution in [1.29, 1.82) is 0 Å². The van der Waals surface area contributed by atoms with Gasteiger partial charge in [-0.2, -0.15) is 8.42 Å². The summed E-state index contributed by atoms with van der Waals surface area (Å²) < 4.78 is 32.5. The maximum Gasteiger partial charge on any atom is 0.332 e. The zero-order valence-electron chi connectivity index (χ0n) is 9.79. The first kappa shape index (κ1) is 13.5. The average Bonchev–Trinajstić information content (AvgIpc) is 2.28. The third kappa shape index (κ3) is 5.35. The minimum absolute atomic E-state index is 0.184. The minimum atomic E-state index is -3.72. The molecule has 94 valence electrons. The molecule has 0 saturated heterocycles. The molecule has 1 aromatic rings. The lowest BCUT2D eigenvalue weighted by molar-refractivity contribution is 0.277. The fourth-order valence-electron chi connectivity index (χ4n) is 1.15. The Bertz CT molecular complexity index is 468. The molecule has 0 atom stereocenters. The zero-order chi connectivity index (χ0) is 12.7. The maximum atomic E-state index is 11.5. The molecule has 0 unspecified atom stereocenters. The number of hydrogen-bond donors (Lipinski definition) is 0. The Morgan fingerprint density at radius 3 is 2.53 bits per heavy atom. The highest BCUT2D eigenvalue weighted by atomic mass is 32.2. The van der Waals surface area contributed by atoms with Crippen molar-refractivity contribution >= 4 is 16.0 Å². The van der Waals surface area contributed by atoms with Crippen LogP contribution in [0.1, 0.15) is 19.4 Å². The van der Waals surface area contributed by atoms with Gasteiger partial charge < -0.3 is 4.74 Å². The number of benzene rings is 1. The van der Waals surface area contributed by atoms with E-state index in [1.54, 1.807) is 31.2 Å². The van der Waals surface area contributed by atoms with Gasteiger partial charge in [0.15, 0.2) is 0 Å². The normalized spacial score (nSPS) is 12.2. The molecular weight excluding hydrogens is 242 g/mol. The summed E-state index contributed by atoms with van der Waals surface area (Å²) in [6.45, 7) is 3.72. The van der Waals surface area contributed by atoms with Crippen LogP contribution in [0.2, 0.25) is 0 Å². The van der Waals surface area contributed by atoms with Gasteiger partial charge in [0, 0.05) is 6.92 Å². The Morgan fingerprint density at radius 2 is 1.94 bits per heavy atom. The summed E-state index contributed by atoms with van der Waals surface area (Å²) in [5.41, 5.74) is 0.650. The summed E-state index contributed by atoms with van der Waals surface area (Å²) in [5, 5.41) is 3.39. The highest BCUT2D eigenvalue weighted by Crippen LogP contribution is 2.07. The number of hydrogen-bond acceptors (Lipinski definition) is 5. The van der Waals surface area contributed by atoms with Gasteiger partial charge in [0.2, 0.25) is 5.90 Å². The molecule has 17 heavy (non-hydrogen) atoms. The second-order valence-corrected chi connectivity index (χ2v) is 4.86. The van der Waals surface area contributed by atoms with Crippen LogP contribution in [0.3, 0.4) is 0 Å². The molecular formula is C11H15NO4S. The van der Waals surface area contributed by atoms with E-state index in [4.69, 9.17) is 4.74 Å². The Hall–Kier alpha value is -1.56.